The summed E-state index contributed by atoms with van der Waals surface area (Å²) in [4.78, 5) is -0.0158. The van der Waals surface area contributed by atoms with Crippen LogP contribution < -0.4 is 15.2 Å². The van der Waals surface area contributed by atoms with Crippen LogP contribution in [0, 0.1) is 0 Å². The number of nitrogens with two attached hydrogens (primary N) is 1. The predicted octanol–water partition coefficient (Wildman–Crippen LogP) is 0.801. The predicted molar refractivity (Wildman–Crippen MR) is 66.8 cm³/mol. The molecule has 96 valence electrons. The largest absolute Gasteiger partial charge is 0.497 e. The third kappa shape index (κ3) is 2.38. The minimum absolute atomic E-state index is 0.0158. The van der Waals surface area contributed by atoms with Gasteiger partial charge in [-0.25, -0.2) is 8.42 Å². The number of nitrogens with zero attached hydrogens (tertiary/aromatic N) is 1. The Bertz CT molecular complexity index is 637. The molecular weight excluding hydrogens is 256 g/mol. The molecule has 18 heavy (non-hydrogen) atoms. The molecule has 0 unspecified atom stereocenters. The van der Waals surface area contributed by atoms with Gasteiger partial charge in [0.25, 0.3) is 10.0 Å². The van der Waals surface area contributed by atoms with Gasteiger partial charge in [-0.15, -0.1) is 0 Å². The first kappa shape index (κ1) is 12.2. The number of nitrogen functional groups attached to an aromatic ring is 1. The molecule has 0 bridgehead atoms. The van der Waals surface area contributed by atoms with Crippen molar-refractivity contribution < 1.29 is 13.2 Å². The molecule has 0 amide bonds. The number of methoxy groups -OCH3 is 1. The lowest BCUT2D eigenvalue weighted by molar-refractivity contribution is 0.414. The van der Waals surface area contributed by atoms with Crippen molar-refractivity contribution in [1.82, 2.24) is 10.2 Å². The van der Waals surface area contributed by atoms with Crippen molar-refractivity contribution in [3.05, 3.63) is 30.5 Å². The van der Waals surface area contributed by atoms with Crippen LogP contribution in [0.1, 0.15) is 0 Å². The van der Waals surface area contributed by atoms with Gasteiger partial charge in [0, 0.05) is 12.1 Å². The van der Waals surface area contributed by atoms with E-state index < -0.39 is 10.0 Å². The van der Waals surface area contributed by atoms with Crippen molar-refractivity contribution in [2.45, 2.75) is 4.90 Å². The highest BCUT2D eigenvalue weighted by molar-refractivity contribution is 7.92. The molecule has 0 aliphatic carbocycles. The number of aromatic amines is 1. The van der Waals surface area contributed by atoms with E-state index in [1.54, 1.807) is 0 Å². The Kier molecular flexibility index (Phi) is 3.11. The second-order valence-corrected chi connectivity index (χ2v) is 5.13. The maximum absolute atomic E-state index is 12.0. The second kappa shape index (κ2) is 4.57. The Morgan fingerprint density at radius 3 is 2.72 bits per heavy atom. The molecule has 1 heterocycles. The number of hydrogen-bond acceptors (Lipinski definition) is 5. The van der Waals surface area contributed by atoms with Gasteiger partial charge in [0.2, 0.25) is 0 Å². The first-order chi connectivity index (χ1) is 8.53. The Labute approximate surface area is 104 Å². The standard InChI is InChI=1S/C10H12N4O3S/c1-17-7-2-3-9(8(11)6-7)18(15,16)14-10-4-5-12-13-10/h2-6H,11H2,1H3,(H2,12,13,14). The van der Waals surface area contributed by atoms with Crippen LogP contribution in [-0.4, -0.2) is 25.7 Å². The van der Waals surface area contributed by atoms with Gasteiger partial charge in [-0.05, 0) is 12.1 Å². The van der Waals surface area contributed by atoms with E-state index in [2.05, 4.69) is 14.9 Å². The van der Waals surface area contributed by atoms with Gasteiger partial charge in [0.1, 0.15) is 16.5 Å². The van der Waals surface area contributed by atoms with Gasteiger partial charge in [-0.3, -0.25) is 9.82 Å². The zero-order chi connectivity index (χ0) is 13.2. The molecule has 8 heteroatoms. The fourth-order valence-corrected chi connectivity index (χ4v) is 2.54. The highest BCUT2D eigenvalue weighted by Gasteiger charge is 2.18. The minimum Gasteiger partial charge on any atom is -0.497 e. The lowest BCUT2D eigenvalue weighted by Gasteiger charge is -2.09. The molecule has 1 aromatic heterocycles. The van der Waals surface area contributed by atoms with Crippen LogP contribution >= 0.6 is 0 Å². The molecule has 0 aliphatic heterocycles. The summed E-state index contributed by atoms with van der Waals surface area (Å²) in [6.07, 6.45) is 1.44. The van der Waals surface area contributed by atoms with Crippen molar-refractivity contribution in [3.8, 4) is 5.75 Å². The highest BCUT2D eigenvalue weighted by Crippen LogP contribution is 2.25. The molecule has 0 spiro atoms. The van der Waals surface area contributed by atoms with Gasteiger partial charge >= 0.3 is 0 Å². The number of nitrogens with one attached hydrogen (secondary N) is 2. The Hall–Kier alpha value is -2.22. The Morgan fingerprint density at radius 1 is 1.39 bits per heavy atom. The number of anilines is 2. The van der Waals surface area contributed by atoms with E-state index in [0.717, 1.165) is 0 Å². The molecule has 4 N–H and O–H groups in total. The van der Waals surface area contributed by atoms with Crippen LogP contribution in [0.4, 0.5) is 11.5 Å². The van der Waals surface area contributed by atoms with Crippen molar-refractivity contribution in [1.29, 1.82) is 0 Å². The number of H-pyrrole nitrogens is 1. The lowest BCUT2D eigenvalue weighted by Crippen LogP contribution is -2.15. The molecule has 2 rings (SSSR count). The van der Waals surface area contributed by atoms with Crippen LogP contribution in [0.25, 0.3) is 0 Å². The maximum atomic E-state index is 12.0. The third-order valence-electron chi connectivity index (χ3n) is 2.25. The normalized spacial score (nSPS) is 11.2. The number of ether oxygens (including phenoxy) is 1. The zero-order valence-corrected chi connectivity index (χ0v) is 10.4. The average molecular weight is 268 g/mol. The first-order valence-corrected chi connectivity index (χ1v) is 6.47. The Balaban J connectivity index is 2.35. The fourth-order valence-electron chi connectivity index (χ4n) is 1.41. The van der Waals surface area contributed by atoms with Gasteiger partial charge in [-0.1, -0.05) is 0 Å². The number of benzene rings is 1. The van der Waals surface area contributed by atoms with Crippen LogP contribution in [0.15, 0.2) is 35.4 Å². The summed E-state index contributed by atoms with van der Waals surface area (Å²) in [6, 6.07) is 5.85. The van der Waals surface area contributed by atoms with Crippen molar-refractivity contribution in [2.24, 2.45) is 0 Å². The van der Waals surface area contributed by atoms with Gasteiger partial charge in [0.15, 0.2) is 0 Å². The summed E-state index contributed by atoms with van der Waals surface area (Å²) < 4.78 is 31.4. The molecule has 0 saturated carbocycles. The monoisotopic (exact) mass is 268 g/mol. The molecule has 1 aromatic carbocycles. The lowest BCUT2D eigenvalue weighted by atomic mass is 10.3. The summed E-state index contributed by atoms with van der Waals surface area (Å²) in [5.41, 5.74) is 5.80. The van der Waals surface area contributed by atoms with Gasteiger partial charge in [-0.2, -0.15) is 5.10 Å². The van der Waals surface area contributed by atoms with Gasteiger partial charge in [0.05, 0.1) is 19.0 Å². The quantitative estimate of drug-likeness (QED) is 0.710. The fraction of sp³-hybridized carbons (Fsp3) is 0.100. The highest BCUT2D eigenvalue weighted by atomic mass is 32.2. The molecule has 7 nitrogen and oxygen atoms in total. The summed E-state index contributed by atoms with van der Waals surface area (Å²) in [7, 11) is -2.26. The van der Waals surface area contributed by atoms with E-state index in [-0.39, 0.29) is 16.4 Å². The van der Waals surface area contributed by atoms with Crippen molar-refractivity contribution >= 4 is 21.5 Å². The summed E-state index contributed by atoms with van der Waals surface area (Å²) in [5, 5.41) is 6.15. The molecule has 0 fully saturated rings. The summed E-state index contributed by atoms with van der Waals surface area (Å²) in [6.45, 7) is 0. The third-order valence-corrected chi connectivity index (χ3v) is 3.69. The van der Waals surface area contributed by atoms with Crippen LogP contribution in [0.5, 0.6) is 5.75 Å². The SMILES string of the molecule is COc1ccc(S(=O)(=O)Nc2ccn[nH]2)c(N)c1. The number of rotatable bonds is 4. The smallest absolute Gasteiger partial charge is 0.265 e. The second-order valence-electron chi connectivity index (χ2n) is 3.48. The van der Waals surface area contributed by atoms with Gasteiger partial charge < -0.3 is 10.5 Å². The van der Waals surface area contributed by atoms with E-state index >= 15 is 0 Å². The van der Waals surface area contributed by atoms with Crippen LogP contribution in [-0.2, 0) is 10.0 Å². The molecule has 0 aliphatic rings. The summed E-state index contributed by atoms with van der Waals surface area (Å²) >= 11 is 0. The molecule has 0 atom stereocenters. The molecule has 0 radical (unpaired) electrons. The van der Waals surface area contributed by atoms with E-state index in [0.29, 0.717) is 5.75 Å². The van der Waals surface area contributed by atoms with Crippen LogP contribution in [0.3, 0.4) is 0 Å². The van der Waals surface area contributed by atoms with Crippen LogP contribution in [0.2, 0.25) is 0 Å². The molecular formula is C10H12N4O3S. The number of sulfonamides is 1. The van der Waals surface area contributed by atoms with E-state index in [4.69, 9.17) is 10.5 Å². The first-order valence-electron chi connectivity index (χ1n) is 4.98. The van der Waals surface area contributed by atoms with Crippen molar-refractivity contribution in [2.75, 3.05) is 17.6 Å². The average Bonchev–Trinajstić information content (AvgIpc) is 2.80. The Morgan fingerprint density at radius 2 is 2.17 bits per heavy atom. The maximum Gasteiger partial charge on any atom is 0.265 e. The topological polar surface area (TPSA) is 110 Å². The summed E-state index contributed by atoms with van der Waals surface area (Å²) in [5.74, 6) is 0.762. The van der Waals surface area contributed by atoms with Crippen molar-refractivity contribution in [3.63, 3.8) is 0 Å². The molecule has 0 saturated heterocycles. The van der Waals surface area contributed by atoms with E-state index in [1.807, 2.05) is 0 Å². The number of aromatic nitrogens is 2. The minimum atomic E-state index is -3.74. The number of hydrogen-bond donors (Lipinski definition) is 3. The van der Waals surface area contributed by atoms with E-state index in [9.17, 15) is 8.42 Å². The zero-order valence-electron chi connectivity index (χ0n) is 9.54. The molecule has 2 aromatic rings. The van der Waals surface area contributed by atoms with E-state index in [1.165, 1.54) is 37.6 Å².